The van der Waals surface area contributed by atoms with Gasteiger partial charge in [-0.2, -0.15) is 23.5 Å². The number of hydrogen-bond donors (Lipinski definition) is 2. The molecule has 0 heterocycles. The van der Waals surface area contributed by atoms with Crippen molar-refractivity contribution < 1.29 is 13.8 Å². The van der Waals surface area contributed by atoms with Crippen molar-refractivity contribution in [3.63, 3.8) is 0 Å². The Kier molecular flexibility index (Phi) is 13.6. The van der Waals surface area contributed by atoms with Gasteiger partial charge in [0.05, 0.1) is 12.1 Å². The van der Waals surface area contributed by atoms with E-state index in [1.54, 1.807) is 23.5 Å². The zero-order valence-electron chi connectivity index (χ0n) is 13.4. The van der Waals surface area contributed by atoms with Gasteiger partial charge in [0, 0.05) is 11.5 Å². The predicted octanol–water partition coefficient (Wildman–Crippen LogP) is 1.51. The molecule has 0 amide bonds. The summed E-state index contributed by atoms with van der Waals surface area (Å²) in [7, 11) is -2.24. The van der Waals surface area contributed by atoms with E-state index < -0.39 is 33.1 Å². The standard InChI is InChI=1S/C14H28N2O3S3/c1-3-5-7-20-9-11(15)13(17)22(19)14(18)12(16)10-21-8-6-4-2/h11-12H,3-10,15-16H2,1-2H3/t11-,12-/m0/s1. The molecule has 0 aromatic rings. The smallest absolute Gasteiger partial charge is 0.244 e. The van der Waals surface area contributed by atoms with E-state index in [2.05, 4.69) is 13.8 Å². The molecular formula is C14H28N2O3S3. The topological polar surface area (TPSA) is 103 Å². The first kappa shape index (κ1) is 22.1. The summed E-state index contributed by atoms with van der Waals surface area (Å²) < 4.78 is 11.9. The molecule has 0 saturated heterocycles. The van der Waals surface area contributed by atoms with Gasteiger partial charge in [0.15, 0.2) is 10.8 Å². The molecular weight excluding hydrogens is 340 g/mol. The molecule has 4 N–H and O–H groups in total. The van der Waals surface area contributed by atoms with Crippen LogP contribution in [0.3, 0.4) is 0 Å². The summed E-state index contributed by atoms with van der Waals surface area (Å²) in [6.07, 6.45) is 4.25. The highest BCUT2D eigenvalue weighted by Crippen LogP contribution is 2.10. The molecule has 0 bridgehead atoms. The Labute approximate surface area is 144 Å². The predicted molar refractivity (Wildman–Crippen MR) is 98.6 cm³/mol. The molecule has 8 heteroatoms. The Morgan fingerprint density at radius 3 is 1.59 bits per heavy atom. The molecule has 0 aliphatic carbocycles. The third-order valence-corrected chi connectivity index (χ3v) is 6.53. The van der Waals surface area contributed by atoms with Crippen LogP contribution < -0.4 is 11.5 Å². The maximum atomic E-state index is 11.9. The van der Waals surface area contributed by atoms with Crippen LogP contribution in [-0.2, 0) is 20.4 Å². The number of unbranched alkanes of at least 4 members (excludes halogenated alkanes) is 2. The second-order valence-electron chi connectivity index (χ2n) is 4.98. The second kappa shape index (κ2) is 13.5. The van der Waals surface area contributed by atoms with E-state index >= 15 is 0 Å². The lowest BCUT2D eigenvalue weighted by atomic mass is 10.4. The van der Waals surface area contributed by atoms with Crippen LogP contribution >= 0.6 is 23.5 Å². The molecule has 130 valence electrons. The van der Waals surface area contributed by atoms with Gasteiger partial charge in [-0.25, -0.2) is 4.21 Å². The van der Waals surface area contributed by atoms with Crippen molar-refractivity contribution in [1.29, 1.82) is 0 Å². The van der Waals surface area contributed by atoms with Gasteiger partial charge in [-0.15, -0.1) is 0 Å². The van der Waals surface area contributed by atoms with Crippen molar-refractivity contribution in [2.24, 2.45) is 11.5 Å². The molecule has 0 unspecified atom stereocenters. The van der Waals surface area contributed by atoms with E-state index in [-0.39, 0.29) is 0 Å². The molecule has 0 fully saturated rings. The Hall–Kier alpha value is 0.110. The summed E-state index contributed by atoms with van der Waals surface area (Å²) in [5.74, 6) is 2.59. The first-order chi connectivity index (χ1) is 10.5. The van der Waals surface area contributed by atoms with Crippen molar-refractivity contribution >= 4 is 44.6 Å². The third-order valence-electron chi connectivity index (χ3n) is 2.85. The van der Waals surface area contributed by atoms with Gasteiger partial charge in [-0.05, 0) is 24.3 Å². The van der Waals surface area contributed by atoms with E-state index in [1.807, 2.05) is 0 Å². The van der Waals surface area contributed by atoms with Crippen molar-refractivity contribution in [2.75, 3.05) is 23.0 Å². The monoisotopic (exact) mass is 368 g/mol. The average molecular weight is 369 g/mol. The van der Waals surface area contributed by atoms with Gasteiger partial charge in [-0.1, -0.05) is 26.7 Å². The van der Waals surface area contributed by atoms with E-state index in [0.717, 1.165) is 37.2 Å². The zero-order chi connectivity index (χ0) is 17.0. The van der Waals surface area contributed by atoms with Crippen molar-refractivity contribution in [2.45, 2.75) is 51.6 Å². The summed E-state index contributed by atoms with van der Waals surface area (Å²) in [5.41, 5.74) is 11.4. The number of carbonyl (C=O) groups is 2. The van der Waals surface area contributed by atoms with Gasteiger partial charge in [-0.3, -0.25) is 9.59 Å². The summed E-state index contributed by atoms with van der Waals surface area (Å²) in [4.78, 5) is 23.8. The van der Waals surface area contributed by atoms with Crippen molar-refractivity contribution in [3.8, 4) is 0 Å². The summed E-state index contributed by atoms with van der Waals surface area (Å²) >= 11 is 3.09. The Morgan fingerprint density at radius 1 is 0.909 bits per heavy atom. The summed E-state index contributed by atoms with van der Waals surface area (Å²) in [6.45, 7) is 4.17. The lowest BCUT2D eigenvalue weighted by Gasteiger charge is -2.12. The highest BCUT2D eigenvalue weighted by molar-refractivity contribution is 8.13. The number of nitrogens with two attached hydrogens (primary N) is 2. The van der Waals surface area contributed by atoms with E-state index in [1.165, 1.54) is 0 Å². The van der Waals surface area contributed by atoms with Gasteiger partial charge in [0.2, 0.25) is 10.2 Å². The molecule has 0 saturated carbocycles. The van der Waals surface area contributed by atoms with E-state index in [9.17, 15) is 13.8 Å². The number of carbonyl (C=O) groups excluding carboxylic acids is 2. The lowest BCUT2D eigenvalue weighted by Crippen LogP contribution is -2.43. The fraction of sp³-hybridized carbons (Fsp3) is 0.857. The molecule has 0 rings (SSSR count). The van der Waals surface area contributed by atoms with Gasteiger partial charge >= 0.3 is 0 Å². The molecule has 5 nitrogen and oxygen atoms in total. The third kappa shape index (κ3) is 9.29. The molecule has 0 aliphatic rings. The average Bonchev–Trinajstić information content (AvgIpc) is 2.53. The Balaban J connectivity index is 4.18. The quantitative estimate of drug-likeness (QED) is 0.503. The van der Waals surface area contributed by atoms with Crippen LogP contribution in [0.25, 0.3) is 0 Å². The molecule has 0 spiro atoms. The number of rotatable bonds is 12. The van der Waals surface area contributed by atoms with Gasteiger partial charge in [0.1, 0.15) is 0 Å². The Morgan fingerprint density at radius 2 is 1.27 bits per heavy atom. The maximum absolute atomic E-state index is 11.9. The largest absolute Gasteiger partial charge is 0.320 e. The van der Waals surface area contributed by atoms with Crippen LogP contribution in [0.2, 0.25) is 0 Å². The molecule has 2 atom stereocenters. The van der Waals surface area contributed by atoms with Crippen molar-refractivity contribution in [1.82, 2.24) is 0 Å². The number of thioether (sulfide) groups is 2. The molecule has 0 aliphatic heterocycles. The highest BCUT2D eigenvalue weighted by atomic mass is 32.2. The van der Waals surface area contributed by atoms with Crippen LogP contribution in [0, 0.1) is 0 Å². The zero-order valence-corrected chi connectivity index (χ0v) is 15.9. The van der Waals surface area contributed by atoms with Crippen molar-refractivity contribution in [3.05, 3.63) is 0 Å². The van der Waals surface area contributed by atoms with Crippen LogP contribution in [0.1, 0.15) is 39.5 Å². The first-order valence-corrected chi connectivity index (χ1v) is 11.1. The van der Waals surface area contributed by atoms with Gasteiger partial charge < -0.3 is 11.5 Å². The van der Waals surface area contributed by atoms with Gasteiger partial charge in [0.25, 0.3) is 0 Å². The minimum Gasteiger partial charge on any atom is -0.320 e. The SMILES string of the molecule is CCCCSC[C@H](N)C(=O)S(=O)C(=O)[C@@H](N)CSCCCC. The minimum atomic E-state index is -2.24. The van der Waals surface area contributed by atoms with Crippen LogP contribution in [-0.4, -0.2) is 49.5 Å². The fourth-order valence-corrected chi connectivity index (χ4v) is 4.68. The normalized spacial score (nSPS) is 14.0. The first-order valence-electron chi connectivity index (χ1n) is 7.61. The molecule has 0 aromatic carbocycles. The van der Waals surface area contributed by atoms with Crippen LogP contribution in [0.15, 0.2) is 0 Å². The van der Waals surface area contributed by atoms with Crippen LogP contribution in [0.5, 0.6) is 0 Å². The fourth-order valence-electron chi connectivity index (χ4n) is 1.42. The molecule has 0 radical (unpaired) electrons. The number of hydrogen-bond acceptors (Lipinski definition) is 7. The summed E-state index contributed by atoms with van der Waals surface area (Å²) in [5, 5.41) is -1.41. The minimum absolute atomic E-state index is 0.387. The van der Waals surface area contributed by atoms with E-state index in [0.29, 0.717) is 11.5 Å². The summed E-state index contributed by atoms with van der Waals surface area (Å²) in [6, 6.07) is -1.74. The molecule has 0 aromatic heterocycles. The highest BCUT2D eigenvalue weighted by Gasteiger charge is 2.29. The van der Waals surface area contributed by atoms with E-state index in [4.69, 9.17) is 11.5 Å². The second-order valence-corrected chi connectivity index (χ2v) is 8.62. The Bertz CT molecular complexity index is 335. The van der Waals surface area contributed by atoms with Crippen LogP contribution in [0.4, 0.5) is 0 Å². The maximum Gasteiger partial charge on any atom is 0.244 e. The lowest BCUT2D eigenvalue weighted by molar-refractivity contribution is -0.114. The molecule has 22 heavy (non-hydrogen) atoms.